The van der Waals surface area contributed by atoms with Gasteiger partial charge in [0.2, 0.25) is 0 Å². The first-order valence-corrected chi connectivity index (χ1v) is 6.51. The van der Waals surface area contributed by atoms with Crippen LogP contribution >= 0.6 is 0 Å². The van der Waals surface area contributed by atoms with E-state index in [-0.39, 0.29) is 6.10 Å². The number of esters is 1. The number of hydrogen-bond acceptors (Lipinski definition) is 6. The fourth-order valence-corrected chi connectivity index (χ4v) is 2.09. The van der Waals surface area contributed by atoms with Crippen molar-refractivity contribution in [1.82, 2.24) is 4.90 Å². The summed E-state index contributed by atoms with van der Waals surface area (Å²) in [7, 11) is 3.37. The molecule has 20 heavy (non-hydrogen) atoms. The molecule has 0 amide bonds. The third kappa shape index (κ3) is 3.61. The Balaban J connectivity index is 2.03. The van der Waals surface area contributed by atoms with Crippen LogP contribution in [0.15, 0.2) is 18.2 Å². The van der Waals surface area contributed by atoms with Crippen molar-refractivity contribution in [2.75, 3.05) is 46.2 Å². The number of carbonyl (C=O) groups excluding carboxylic acids is 1. The lowest BCUT2D eigenvalue weighted by atomic mass is 10.2. The largest absolute Gasteiger partial charge is 0.490 e. The lowest BCUT2D eigenvalue weighted by Gasteiger charge is -2.30. The van der Waals surface area contributed by atoms with Gasteiger partial charge in [-0.15, -0.1) is 0 Å². The maximum Gasteiger partial charge on any atom is 0.341 e. The number of benzene rings is 1. The van der Waals surface area contributed by atoms with Gasteiger partial charge in [0.05, 0.1) is 13.7 Å². The molecule has 6 heteroatoms. The Morgan fingerprint density at radius 3 is 3.05 bits per heavy atom. The van der Waals surface area contributed by atoms with Crippen molar-refractivity contribution >= 4 is 11.7 Å². The van der Waals surface area contributed by atoms with Crippen LogP contribution in [-0.4, -0.2) is 57.4 Å². The molecule has 2 rings (SSSR count). The molecule has 0 bridgehead atoms. The minimum Gasteiger partial charge on any atom is -0.490 e. The van der Waals surface area contributed by atoms with Gasteiger partial charge < -0.3 is 24.8 Å². The van der Waals surface area contributed by atoms with Crippen molar-refractivity contribution < 1.29 is 19.0 Å². The molecule has 1 atom stereocenters. The number of rotatable bonds is 4. The fourth-order valence-electron chi connectivity index (χ4n) is 2.09. The Morgan fingerprint density at radius 1 is 1.55 bits per heavy atom. The summed E-state index contributed by atoms with van der Waals surface area (Å²) in [6, 6.07) is 4.92. The van der Waals surface area contributed by atoms with E-state index in [1.807, 2.05) is 7.05 Å². The molecule has 2 N–H and O–H groups in total. The Labute approximate surface area is 118 Å². The van der Waals surface area contributed by atoms with Crippen LogP contribution in [0.4, 0.5) is 5.69 Å². The van der Waals surface area contributed by atoms with Gasteiger partial charge in [-0.05, 0) is 25.2 Å². The van der Waals surface area contributed by atoms with Gasteiger partial charge >= 0.3 is 5.97 Å². The second-order valence-corrected chi connectivity index (χ2v) is 4.81. The molecule has 1 aliphatic rings. The van der Waals surface area contributed by atoms with Crippen molar-refractivity contribution in [3.8, 4) is 5.75 Å². The number of ether oxygens (including phenoxy) is 3. The minimum atomic E-state index is -0.464. The van der Waals surface area contributed by atoms with Crippen LogP contribution in [0.25, 0.3) is 0 Å². The second-order valence-electron chi connectivity index (χ2n) is 4.81. The molecule has 0 aliphatic carbocycles. The van der Waals surface area contributed by atoms with Crippen molar-refractivity contribution in [3.63, 3.8) is 0 Å². The van der Waals surface area contributed by atoms with Crippen LogP contribution in [0.5, 0.6) is 5.75 Å². The van der Waals surface area contributed by atoms with Crippen molar-refractivity contribution in [3.05, 3.63) is 23.8 Å². The number of anilines is 1. The molecule has 0 spiro atoms. The topological polar surface area (TPSA) is 74.0 Å². The van der Waals surface area contributed by atoms with E-state index >= 15 is 0 Å². The standard InChI is InChI=1S/C14H20N2O4/c1-16-5-6-19-11(8-16)9-20-13-4-3-10(15)7-12(13)14(17)18-2/h3-4,7,11H,5-6,8-9,15H2,1-2H3. The Bertz CT molecular complexity index is 478. The van der Waals surface area contributed by atoms with Gasteiger partial charge in [0, 0.05) is 18.8 Å². The number of carbonyl (C=O) groups is 1. The average Bonchev–Trinajstić information content (AvgIpc) is 2.45. The SMILES string of the molecule is COC(=O)c1cc(N)ccc1OCC1CN(C)CCO1. The first-order valence-electron chi connectivity index (χ1n) is 6.51. The van der Waals surface area contributed by atoms with Crippen LogP contribution in [-0.2, 0) is 9.47 Å². The van der Waals surface area contributed by atoms with Crippen LogP contribution < -0.4 is 10.5 Å². The van der Waals surface area contributed by atoms with E-state index in [1.54, 1.807) is 18.2 Å². The zero-order valence-corrected chi connectivity index (χ0v) is 11.8. The molecule has 1 aromatic carbocycles. The lowest BCUT2D eigenvalue weighted by Crippen LogP contribution is -2.42. The lowest BCUT2D eigenvalue weighted by molar-refractivity contribution is -0.0405. The zero-order chi connectivity index (χ0) is 14.5. The molecule has 0 aromatic heterocycles. The van der Waals surface area contributed by atoms with E-state index in [0.717, 1.165) is 13.1 Å². The van der Waals surface area contributed by atoms with Gasteiger partial charge in [0.1, 0.15) is 24.0 Å². The van der Waals surface area contributed by atoms with Crippen molar-refractivity contribution in [2.45, 2.75) is 6.10 Å². The first kappa shape index (κ1) is 14.6. The number of nitrogens with two attached hydrogens (primary N) is 1. The maximum absolute atomic E-state index is 11.7. The third-order valence-electron chi connectivity index (χ3n) is 3.18. The van der Waals surface area contributed by atoms with Gasteiger partial charge in [0.25, 0.3) is 0 Å². The van der Waals surface area contributed by atoms with E-state index in [1.165, 1.54) is 7.11 Å². The molecule has 0 radical (unpaired) electrons. The van der Waals surface area contributed by atoms with Gasteiger partial charge in [-0.3, -0.25) is 0 Å². The second kappa shape index (κ2) is 6.58. The predicted octanol–water partition coefficient (Wildman–Crippen LogP) is 0.765. The van der Waals surface area contributed by atoms with Crippen LogP contribution in [0, 0.1) is 0 Å². The highest BCUT2D eigenvalue weighted by molar-refractivity contribution is 5.93. The average molecular weight is 280 g/mol. The highest BCUT2D eigenvalue weighted by Crippen LogP contribution is 2.23. The first-order chi connectivity index (χ1) is 9.60. The van der Waals surface area contributed by atoms with Gasteiger partial charge in [-0.1, -0.05) is 0 Å². The Kier molecular flexibility index (Phi) is 4.81. The summed E-state index contributed by atoms with van der Waals surface area (Å²) in [5.74, 6) is -0.00291. The van der Waals surface area contributed by atoms with Gasteiger partial charge in [-0.2, -0.15) is 0 Å². The Hall–Kier alpha value is -1.79. The Morgan fingerprint density at radius 2 is 2.35 bits per heavy atom. The highest BCUT2D eigenvalue weighted by atomic mass is 16.5. The number of methoxy groups -OCH3 is 1. The van der Waals surface area contributed by atoms with Crippen molar-refractivity contribution in [1.29, 1.82) is 0 Å². The highest BCUT2D eigenvalue weighted by Gasteiger charge is 2.20. The third-order valence-corrected chi connectivity index (χ3v) is 3.18. The molecular weight excluding hydrogens is 260 g/mol. The molecule has 1 unspecified atom stereocenters. The van der Waals surface area contributed by atoms with Gasteiger partial charge in [0.15, 0.2) is 0 Å². The smallest absolute Gasteiger partial charge is 0.341 e. The monoisotopic (exact) mass is 280 g/mol. The maximum atomic E-state index is 11.7. The zero-order valence-electron chi connectivity index (χ0n) is 11.8. The summed E-state index contributed by atoms with van der Waals surface area (Å²) in [6.45, 7) is 2.81. The van der Waals surface area contributed by atoms with Crippen LogP contribution in [0.3, 0.4) is 0 Å². The number of nitrogens with zero attached hydrogens (tertiary/aromatic N) is 1. The van der Waals surface area contributed by atoms with E-state index in [2.05, 4.69) is 4.90 Å². The van der Waals surface area contributed by atoms with E-state index in [9.17, 15) is 4.79 Å². The number of nitrogen functional groups attached to an aromatic ring is 1. The quantitative estimate of drug-likeness (QED) is 0.648. The van der Waals surface area contributed by atoms with Crippen LogP contribution in [0.2, 0.25) is 0 Å². The van der Waals surface area contributed by atoms with E-state index < -0.39 is 5.97 Å². The summed E-state index contributed by atoms with van der Waals surface area (Å²) >= 11 is 0. The van der Waals surface area contributed by atoms with Crippen molar-refractivity contribution in [2.24, 2.45) is 0 Å². The molecule has 110 valence electrons. The molecule has 6 nitrogen and oxygen atoms in total. The number of hydrogen-bond donors (Lipinski definition) is 1. The number of morpholine rings is 1. The predicted molar refractivity (Wildman–Crippen MR) is 74.9 cm³/mol. The summed E-state index contributed by atoms with van der Waals surface area (Å²) in [6.07, 6.45) is -0.00296. The molecule has 0 saturated carbocycles. The summed E-state index contributed by atoms with van der Waals surface area (Å²) in [5, 5.41) is 0. The fraction of sp³-hybridized carbons (Fsp3) is 0.500. The summed E-state index contributed by atoms with van der Waals surface area (Å²) < 4.78 is 16.0. The molecule has 1 fully saturated rings. The molecule has 1 heterocycles. The minimum absolute atomic E-state index is 0.00296. The summed E-state index contributed by atoms with van der Waals surface area (Å²) in [4.78, 5) is 13.9. The van der Waals surface area contributed by atoms with Gasteiger partial charge in [-0.25, -0.2) is 4.79 Å². The molecule has 1 saturated heterocycles. The van der Waals surface area contributed by atoms with E-state index in [4.69, 9.17) is 19.9 Å². The number of likely N-dealkylation sites (N-methyl/N-ethyl adjacent to an activating group) is 1. The van der Waals surface area contributed by atoms with E-state index in [0.29, 0.717) is 30.2 Å². The molecule has 1 aromatic rings. The summed E-state index contributed by atoms with van der Waals surface area (Å²) in [5.41, 5.74) is 6.50. The normalized spacial score (nSPS) is 19.6. The molecular formula is C14H20N2O4. The van der Waals surface area contributed by atoms with Crippen LogP contribution in [0.1, 0.15) is 10.4 Å². The molecule has 1 aliphatic heterocycles.